The van der Waals surface area contributed by atoms with Gasteiger partial charge in [0, 0.05) is 5.41 Å². The summed E-state index contributed by atoms with van der Waals surface area (Å²) in [6.07, 6.45) is 6.65. The van der Waals surface area contributed by atoms with Crippen LogP contribution in [0.5, 0.6) is 11.5 Å². The lowest BCUT2D eigenvalue weighted by Crippen LogP contribution is -2.51. The molecule has 0 saturated heterocycles. The predicted molar refractivity (Wildman–Crippen MR) is 85.7 cm³/mol. The standard InChI is InChI=1S/C19H22O5/c20-15-2-1-14(6-16(15)21)18(23)24-10-17(22)19-7-11-3-12(8-19)5-13(4-11)9-19/h1-2,6,11-13,20-21H,3-5,7-10H2. The van der Waals surface area contributed by atoms with Crippen molar-refractivity contribution in [2.45, 2.75) is 38.5 Å². The zero-order valence-electron chi connectivity index (χ0n) is 13.5. The van der Waals surface area contributed by atoms with E-state index in [4.69, 9.17) is 4.74 Å². The van der Waals surface area contributed by atoms with E-state index in [9.17, 15) is 19.8 Å². The van der Waals surface area contributed by atoms with Crippen LogP contribution in [0.4, 0.5) is 0 Å². The lowest BCUT2D eigenvalue weighted by molar-refractivity contribution is -0.147. The van der Waals surface area contributed by atoms with Crippen LogP contribution in [-0.2, 0) is 9.53 Å². The van der Waals surface area contributed by atoms with Gasteiger partial charge in [0.1, 0.15) is 0 Å². The zero-order valence-corrected chi connectivity index (χ0v) is 13.5. The van der Waals surface area contributed by atoms with Gasteiger partial charge in [-0.1, -0.05) is 0 Å². The molecule has 0 unspecified atom stereocenters. The molecule has 5 nitrogen and oxygen atoms in total. The fraction of sp³-hybridized carbons (Fsp3) is 0.579. The van der Waals surface area contributed by atoms with Crippen LogP contribution in [-0.4, -0.2) is 28.6 Å². The minimum atomic E-state index is -0.650. The zero-order chi connectivity index (χ0) is 16.9. The van der Waals surface area contributed by atoms with E-state index in [1.165, 1.54) is 31.4 Å². The Hall–Kier alpha value is -2.04. The van der Waals surface area contributed by atoms with Gasteiger partial charge in [0.15, 0.2) is 23.9 Å². The molecule has 4 saturated carbocycles. The van der Waals surface area contributed by atoms with Crippen LogP contribution in [0.2, 0.25) is 0 Å². The smallest absolute Gasteiger partial charge is 0.338 e. The van der Waals surface area contributed by atoms with Crippen molar-refractivity contribution in [3.05, 3.63) is 23.8 Å². The molecule has 0 aromatic heterocycles. The number of esters is 1. The number of hydrogen-bond acceptors (Lipinski definition) is 5. The van der Waals surface area contributed by atoms with E-state index in [0.29, 0.717) is 17.8 Å². The quantitative estimate of drug-likeness (QED) is 0.655. The number of ether oxygens (including phenoxy) is 1. The average Bonchev–Trinajstić information content (AvgIpc) is 2.53. The second kappa shape index (κ2) is 5.50. The van der Waals surface area contributed by atoms with Crippen molar-refractivity contribution in [3.63, 3.8) is 0 Å². The van der Waals surface area contributed by atoms with Gasteiger partial charge >= 0.3 is 5.97 Å². The average molecular weight is 330 g/mol. The number of carbonyl (C=O) groups is 2. The van der Waals surface area contributed by atoms with Crippen molar-refractivity contribution < 1.29 is 24.5 Å². The highest BCUT2D eigenvalue weighted by atomic mass is 16.5. The van der Waals surface area contributed by atoms with E-state index in [1.807, 2.05) is 0 Å². The summed E-state index contributed by atoms with van der Waals surface area (Å²) >= 11 is 0. The van der Waals surface area contributed by atoms with Gasteiger partial charge in [-0.05, 0) is 74.5 Å². The Morgan fingerprint density at radius 2 is 1.58 bits per heavy atom. The SMILES string of the molecule is O=C(OCC(=O)C12CC3CC(CC(C3)C1)C2)c1ccc(O)c(O)c1. The molecule has 0 aliphatic heterocycles. The number of phenols is 2. The number of benzene rings is 1. The number of Topliss-reactive ketones (excluding diaryl/α,β-unsaturated/α-hetero) is 1. The van der Waals surface area contributed by atoms with Gasteiger partial charge in [0.25, 0.3) is 0 Å². The summed E-state index contributed by atoms with van der Waals surface area (Å²) in [6.45, 7) is -0.202. The summed E-state index contributed by atoms with van der Waals surface area (Å²) in [4.78, 5) is 24.9. The van der Waals surface area contributed by atoms with Crippen molar-refractivity contribution in [1.29, 1.82) is 0 Å². The molecular formula is C19H22O5. The third kappa shape index (κ3) is 2.56. The van der Waals surface area contributed by atoms with Crippen molar-refractivity contribution in [1.82, 2.24) is 0 Å². The van der Waals surface area contributed by atoms with Gasteiger partial charge in [-0.25, -0.2) is 4.79 Å². The van der Waals surface area contributed by atoms with E-state index in [-0.39, 0.29) is 34.9 Å². The number of ketones is 1. The van der Waals surface area contributed by atoms with Crippen LogP contribution in [0, 0.1) is 23.2 Å². The lowest BCUT2D eigenvalue weighted by atomic mass is 9.48. The summed E-state index contributed by atoms with van der Waals surface area (Å²) in [7, 11) is 0. The summed E-state index contributed by atoms with van der Waals surface area (Å²) in [6, 6.07) is 3.74. The predicted octanol–water partition coefficient (Wildman–Crippen LogP) is 3.04. The number of hydrogen-bond donors (Lipinski definition) is 2. The van der Waals surface area contributed by atoms with E-state index in [2.05, 4.69) is 0 Å². The maximum atomic E-state index is 12.8. The molecule has 4 aliphatic rings. The molecule has 5 heteroatoms. The molecule has 0 radical (unpaired) electrons. The Bertz CT molecular complexity index is 658. The first-order valence-electron chi connectivity index (χ1n) is 8.67. The first-order valence-corrected chi connectivity index (χ1v) is 8.67. The highest BCUT2D eigenvalue weighted by molar-refractivity contribution is 5.93. The second-order valence-electron chi connectivity index (χ2n) is 7.90. The van der Waals surface area contributed by atoms with Crippen molar-refractivity contribution in [2.24, 2.45) is 23.2 Å². The first kappa shape index (κ1) is 15.5. The molecule has 5 rings (SSSR count). The van der Waals surface area contributed by atoms with Crippen LogP contribution in [0.3, 0.4) is 0 Å². The molecule has 2 N–H and O–H groups in total. The van der Waals surface area contributed by atoms with Gasteiger partial charge in [0.05, 0.1) is 5.56 Å². The first-order chi connectivity index (χ1) is 11.4. The Morgan fingerprint density at radius 1 is 1.00 bits per heavy atom. The Balaban J connectivity index is 1.41. The molecule has 1 aromatic carbocycles. The van der Waals surface area contributed by atoms with E-state index >= 15 is 0 Å². The summed E-state index contributed by atoms with van der Waals surface area (Å²) in [5.74, 6) is 0.745. The number of rotatable bonds is 4. The molecule has 1 aromatic rings. The van der Waals surface area contributed by atoms with Crippen molar-refractivity contribution in [3.8, 4) is 11.5 Å². The topological polar surface area (TPSA) is 83.8 Å². The lowest BCUT2D eigenvalue weighted by Gasteiger charge is -2.55. The van der Waals surface area contributed by atoms with E-state index in [0.717, 1.165) is 25.3 Å². The maximum Gasteiger partial charge on any atom is 0.338 e. The molecule has 0 heterocycles. The Labute approximate surface area is 140 Å². The molecule has 0 spiro atoms. The van der Waals surface area contributed by atoms with Gasteiger partial charge in [-0.2, -0.15) is 0 Å². The minimum Gasteiger partial charge on any atom is -0.504 e. The van der Waals surface area contributed by atoms with Crippen molar-refractivity contribution >= 4 is 11.8 Å². The Kier molecular flexibility index (Phi) is 3.55. The summed E-state index contributed by atoms with van der Waals surface area (Å²) in [5, 5.41) is 18.7. The highest BCUT2D eigenvalue weighted by Crippen LogP contribution is 2.60. The van der Waals surface area contributed by atoms with Gasteiger partial charge in [-0.15, -0.1) is 0 Å². The number of carbonyl (C=O) groups excluding carboxylic acids is 2. The van der Waals surface area contributed by atoms with Crippen LogP contribution in [0.15, 0.2) is 18.2 Å². The van der Waals surface area contributed by atoms with E-state index < -0.39 is 5.97 Å². The van der Waals surface area contributed by atoms with E-state index in [1.54, 1.807) is 0 Å². The fourth-order valence-corrected chi connectivity index (χ4v) is 5.47. The molecule has 128 valence electrons. The summed E-state index contributed by atoms with van der Waals surface area (Å²) < 4.78 is 5.19. The third-order valence-corrected chi connectivity index (χ3v) is 6.18. The van der Waals surface area contributed by atoms with Crippen LogP contribution in [0.1, 0.15) is 48.9 Å². The minimum absolute atomic E-state index is 0.0537. The van der Waals surface area contributed by atoms with Gasteiger partial charge in [-0.3, -0.25) is 4.79 Å². The maximum absolute atomic E-state index is 12.8. The normalized spacial score (nSPS) is 33.4. The van der Waals surface area contributed by atoms with Crippen LogP contribution < -0.4 is 0 Å². The third-order valence-electron chi connectivity index (χ3n) is 6.18. The fourth-order valence-electron chi connectivity index (χ4n) is 5.47. The highest BCUT2D eigenvalue weighted by Gasteiger charge is 2.54. The van der Waals surface area contributed by atoms with Crippen molar-refractivity contribution in [2.75, 3.05) is 6.61 Å². The molecule has 4 aliphatic carbocycles. The largest absolute Gasteiger partial charge is 0.504 e. The Morgan fingerprint density at radius 3 is 2.12 bits per heavy atom. The molecule has 4 bridgehead atoms. The van der Waals surface area contributed by atoms with Gasteiger partial charge < -0.3 is 14.9 Å². The number of aromatic hydroxyl groups is 2. The summed E-state index contributed by atoms with van der Waals surface area (Å²) in [5.41, 5.74) is -0.143. The molecule has 4 fully saturated rings. The van der Waals surface area contributed by atoms with Gasteiger partial charge in [0.2, 0.25) is 0 Å². The molecule has 0 amide bonds. The second-order valence-corrected chi connectivity index (χ2v) is 7.90. The monoisotopic (exact) mass is 330 g/mol. The molecular weight excluding hydrogens is 308 g/mol. The number of phenolic OH excluding ortho intramolecular Hbond substituents is 2. The van der Waals surface area contributed by atoms with Crippen LogP contribution in [0.25, 0.3) is 0 Å². The molecule has 24 heavy (non-hydrogen) atoms. The molecule has 0 atom stereocenters. The van der Waals surface area contributed by atoms with Crippen LogP contribution >= 0.6 is 0 Å².